The van der Waals surface area contributed by atoms with Gasteiger partial charge in [-0.05, 0) is 24.3 Å². The van der Waals surface area contributed by atoms with E-state index in [1.807, 2.05) is 0 Å². The molecule has 2 aromatic rings. The minimum atomic E-state index is -0.540. The normalized spacial score (nSPS) is 10.2. The number of halogens is 2. The molecule has 0 aliphatic rings. The second kappa shape index (κ2) is 4.22. The Bertz CT molecular complexity index is 517. The van der Waals surface area contributed by atoms with Gasteiger partial charge in [-0.1, -0.05) is 0 Å². The van der Waals surface area contributed by atoms with E-state index < -0.39 is 11.6 Å². The van der Waals surface area contributed by atoms with E-state index in [-0.39, 0.29) is 17.3 Å². The van der Waals surface area contributed by atoms with E-state index >= 15 is 0 Å². The predicted octanol–water partition coefficient (Wildman–Crippen LogP) is 2.43. The van der Waals surface area contributed by atoms with Crippen molar-refractivity contribution in [2.24, 2.45) is 0 Å². The number of ether oxygens (including phenoxy) is 1. The Hall–Kier alpha value is -2.04. The van der Waals surface area contributed by atoms with Gasteiger partial charge >= 0.3 is 6.01 Å². The lowest BCUT2D eigenvalue weighted by molar-refractivity contribution is 0.380. The zero-order chi connectivity index (χ0) is 11.5. The van der Waals surface area contributed by atoms with E-state index in [0.29, 0.717) is 0 Å². The summed E-state index contributed by atoms with van der Waals surface area (Å²) >= 11 is 0. The largest absolute Gasteiger partial charge is 0.467 e. The molecule has 0 amide bonds. The molecule has 0 N–H and O–H groups in total. The average molecular weight is 222 g/mol. The van der Waals surface area contributed by atoms with Crippen LogP contribution >= 0.6 is 0 Å². The number of hydrogen-bond donors (Lipinski definition) is 0. The van der Waals surface area contributed by atoms with Crippen LogP contribution in [-0.4, -0.2) is 17.1 Å². The summed E-state index contributed by atoms with van der Waals surface area (Å²) in [5.41, 5.74) is 0.365. The van der Waals surface area contributed by atoms with Crippen molar-refractivity contribution >= 4 is 0 Å². The van der Waals surface area contributed by atoms with Crippen molar-refractivity contribution in [3.63, 3.8) is 0 Å². The second-order valence-corrected chi connectivity index (χ2v) is 3.05. The molecule has 0 atom stereocenters. The number of aromatic nitrogens is 2. The quantitative estimate of drug-likeness (QED) is 0.782. The predicted molar refractivity (Wildman–Crippen MR) is 53.9 cm³/mol. The molecule has 0 radical (unpaired) electrons. The van der Waals surface area contributed by atoms with E-state index in [1.165, 1.54) is 19.4 Å². The summed E-state index contributed by atoms with van der Waals surface area (Å²) in [7, 11) is 1.40. The molecule has 1 aromatic heterocycles. The van der Waals surface area contributed by atoms with Gasteiger partial charge in [0.2, 0.25) is 0 Å². The first-order valence-corrected chi connectivity index (χ1v) is 4.53. The topological polar surface area (TPSA) is 35.0 Å². The molecular formula is C11H8F2N2O. The molecule has 0 saturated carbocycles. The van der Waals surface area contributed by atoms with Gasteiger partial charge in [-0.2, -0.15) is 4.98 Å². The Kier molecular flexibility index (Phi) is 2.76. The third-order valence-electron chi connectivity index (χ3n) is 2.02. The molecule has 16 heavy (non-hydrogen) atoms. The highest BCUT2D eigenvalue weighted by atomic mass is 19.1. The number of nitrogens with zero attached hydrogens (tertiary/aromatic N) is 2. The molecule has 0 aliphatic carbocycles. The summed E-state index contributed by atoms with van der Waals surface area (Å²) in [6, 6.07) is 4.79. The minimum Gasteiger partial charge on any atom is -0.467 e. The van der Waals surface area contributed by atoms with Gasteiger partial charge in [-0.25, -0.2) is 13.8 Å². The van der Waals surface area contributed by atoms with Crippen LogP contribution in [0.2, 0.25) is 0 Å². The van der Waals surface area contributed by atoms with Crippen LogP contribution < -0.4 is 4.74 Å². The van der Waals surface area contributed by atoms with Gasteiger partial charge in [-0.15, -0.1) is 0 Å². The fourth-order valence-electron chi connectivity index (χ4n) is 1.28. The number of benzene rings is 1. The maximum Gasteiger partial charge on any atom is 0.316 e. The number of rotatable bonds is 2. The first-order chi connectivity index (χ1) is 7.70. The molecule has 1 aromatic carbocycles. The van der Waals surface area contributed by atoms with Crippen LogP contribution in [0.5, 0.6) is 6.01 Å². The van der Waals surface area contributed by atoms with Gasteiger partial charge in [0.05, 0.1) is 12.8 Å². The van der Waals surface area contributed by atoms with Crippen LogP contribution in [-0.2, 0) is 0 Å². The van der Waals surface area contributed by atoms with Gasteiger partial charge in [0.15, 0.2) is 0 Å². The summed E-state index contributed by atoms with van der Waals surface area (Å²) in [5.74, 6) is -1.06. The molecule has 3 nitrogen and oxygen atoms in total. The zero-order valence-corrected chi connectivity index (χ0v) is 8.45. The molecule has 2 rings (SSSR count). The minimum absolute atomic E-state index is 0.0840. The number of hydrogen-bond acceptors (Lipinski definition) is 3. The van der Waals surface area contributed by atoms with Crippen molar-refractivity contribution in [2.45, 2.75) is 0 Å². The fraction of sp³-hybridized carbons (Fsp3) is 0.0909. The average Bonchev–Trinajstić information content (AvgIpc) is 2.32. The van der Waals surface area contributed by atoms with Gasteiger partial charge in [0.25, 0.3) is 0 Å². The molecule has 1 heterocycles. The molecule has 82 valence electrons. The fourth-order valence-corrected chi connectivity index (χ4v) is 1.28. The van der Waals surface area contributed by atoms with Crippen LogP contribution in [0.3, 0.4) is 0 Å². The molecule has 0 spiro atoms. The lowest BCUT2D eigenvalue weighted by atomic mass is 10.1. The first-order valence-electron chi connectivity index (χ1n) is 4.53. The summed E-state index contributed by atoms with van der Waals surface area (Å²) in [5, 5.41) is 0. The Labute approximate surface area is 90.7 Å². The smallest absolute Gasteiger partial charge is 0.316 e. The Morgan fingerprint density at radius 1 is 1.19 bits per heavy atom. The van der Waals surface area contributed by atoms with Crippen LogP contribution in [0, 0.1) is 11.6 Å². The second-order valence-electron chi connectivity index (χ2n) is 3.05. The van der Waals surface area contributed by atoms with Crippen molar-refractivity contribution in [3.05, 3.63) is 42.1 Å². The summed E-state index contributed by atoms with van der Waals surface area (Å²) < 4.78 is 31.2. The van der Waals surface area contributed by atoms with E-state index in [4.69, 9.17) is 4.74 Å². The third-order valence-corrected chi connectivity index (χ3v) is 2.02. The van der Waals surface area contributed by atoms with E-state index in [1.54, 1.807) is 0 Å². The molecule has 0 bridgehead atoms. The maximum absolute atomic E-state index is 13.4. The van der Waals surface area contributed by atoms with E-state index in [9.17, 15) is 8.78 Å². The van der Waals surface area contributed by atoms with Crippen LogP contribution in [0.1, 0.15) is 0 Å². The van der Waals surface area contributed by atoms with Gasteiger partial charge in [-0.3, -0.25) is 0 Å². The molecule has 0 aliphatic heterocycles. The third kappa shape index (κ3) is 1.98. The van der Waals surface area contributed by atoms with Crippen LogP contribution in [0.15, 0.2) is 30.5 Å². The van der Waals surface area contributed by atoms with Crippen molar-refractivity contribution in [1.29, 1.82) is 0 Å². The summed E-state index contributed by atoms with van der Waals surface area (Å²) in [4.78, 5) is 7.71. The van der Waals surface area contributed by atoms with Crippen LogP contribution in [0.25, 0.3) is 11.3 Å². The summed E-state index contributed by atoms with van der Waals surface area (Å²) in [6.45, 7) is 0. The number of methoxy groups -OCH3 is 1. The van der Waals surface area contributed by atoms with Crippen molar-refractivity contribution in [2.75, 3.05) is 7.11 Å². The zero-order valence-electron chi connectivity index (χ0n) is 8.45. The summed E-state index contributed by atoms with van der Waals surface area (Å²) in [6.07, 6.45) is 1.42. The maximum atomic E-state index is 13.4. The standard InChI is InChI=1S/C11H8F2N2O/c1-16-11-14-5-4-10(15-11)8-6-7(12)2-3-9(8)13/h2-6H,1H3. The van der Waals surface area contributed by atoms with Crippen molar-refractivity contribution in [1.82, 2.24) is 9.97 Å². The van der Waals surface area contributed by atoms with E-state index in [0.717, 1.165) is 18.2 Å². The molecule has 5 heteroatoms. The monoisotopic (exact) mass is 222 g/mol. The van der Waals surface area contributed by atoms with Gasteiger partial charge in [0, 0.05) is 11.8 Å². The SMILES string of the molecule is COc1nccc(-c2cc(F)ccc2F)n1. The Balaban J connectivity index is 2.53. The van der Waals surface area contributed by atoms with Gasteiger partial charge in [0.1, 0.15) is 11.6 Å². The highest BCUT2D eigenvalue weighted by molar-refractivity contribution is 5.59. The highest BCUT2D eigenvalue weighted by Gasteiger charge is 2.09. The molecular weight excluding hydrogens is 214 g/mol. The molecule has 0 unspecified atom stereocenters. The van der Waals surface area contributed by atoms with Crippen molar-refractivity contribution in [3.8, 4) is 17.3 Å². The Morgan fingerprint density at radius 3 is 2.75 bits per heavy atom. The van der Waals surface area contributed by atoms with Crippen molar-refractivity contribution < 1.29 is 13.5 Å². The van der Waals surface area contributed by atoms with Crippen LogP contribution in [0.4, 0.5) is 8.78 Å². The Morgan fingerprint density at radius 2 is 2.00 bits per heavy atom. The van der Waals surface area contributed by atoms with Gasteiger partial charge < -0.3 is 4.74 Å². The highest BCUT2D eigenvalue weighted by Crippen LogP contribution is 2.22. The lowest BCUT2D eigenvalue weighted by Crippen LogP contribution is -1.95. The molecule has 0 fully saturated rings. The van der Waals surface area contributed by atoms with E-state index in [2.05, 4.69) is 9.97 Å². The molecule has 0 saturated heterocycles. The first kappa shape index (κ1) is 10.5. The lowest BCUT2D eigenvalue weighted by Gasteiger charge is -2.03.